The Bertz CT molecular complexity index is 962. The summed E-state index contributed by atoms with van der Waals surface area (Å²) in [6, 6.07) is 13.1. The average Bonchev–Trinajstić information content (AvgIpc) is 3.24. The van der Waals surface area contributed by atoms with Crippen LogP contribution in [0.4, 0.5) is 5.69 Å². The number of aryl methyl sites for hydroxylation is 1. The minimum Gasteiger partial charge on any atom is -0.354 e. The zero-order valence-corrected chi connectivity index (χ0v) is 19.4. The number of anilines is 1. The Hall–Kier alpha value is -1.70. The van der Waals surface area contributed by atoms with E-state index in [4.69, 9.17) is 11.6 Å². The lowest BCUT2D eigenvalue weighted by atomic mass is 10.2. The molecular formula is C22H27ClN2O3S2. The van der Waals surface area contributed by atoms with Crippen molar-refractivity contribution in [1.29, 1.82) is 0 Å². The normalized spacial score (nSPS) is 14.6. The van der Waals surface area contributed by atoms with E-state index in [1.165, 1.54) is 37.8 Å². The fraction of sp³-hybridized carbons (Fsp3) is 0.409. The summed E-state index contributed by atoms with van der Waals surface area (Å²) in [6.07, 6.45) is 5.07. The SMILES string of the molecule is Cc1cc(Cl)ccc1N(CC(=O)NCCSC1CCCC1)S(=O)(=O)c1ccccc1. The molecule has 2 aromatic carbocycles. The number of carbonyl (C=O) groups excluding carboxylic acids is 1. The molecule has 0 atom stereocenters. The Labute approximate surface area is 188 Å². The predicted molar refractivity (Wildman–Crippen MR) is 125 cm³/mol. The Morgan fingerprint density at radius 1 is 1.17 bits per heavy atom. The van der Waals surface area contributed by atoms with E-state index in [2.05, 4.69) is 5.32 Å². The topological polar surface area (TPSA) is 66.5 Å². The van der Waals surface area contributed by atoms with Crippen LogP contribution in [-0.4, -0.2) is 38.4 Å². The van der Waals surface area contributed by atoms with Gasteiger partial charge in [0.15, 0.2) is 0 Å². The third kappa shape index (κ3) is 5.93. The second-order valence-electron chi connectivity index (χ2n) is 7.38. The Morgan fingerprint density at radius 2 is 1.87 bits per heavy atom. The van der Waals surface area contributed by atoms with E-state index in [1.807, 2.05) is 11.8 Å². The van der Waals surface area contributed by atoms with Crippen LogP contribution in [0.3, 0.4) is 0 Å². The van der Waals surface area contributed by atoms with Gasteiger partial charge in [0.1, 0.15) is 6.54 Å². The van der Waals surface area contributed by atoms with Crippen molar-refractivity contribution < 1.29 is 13.2 Å². The van der Waals surface area contributed by atoms with E-state index in [-0.39, 0.29) is 17.3 Å². The monoisotopic (exact) mass is 466 g/mol. The molecule has 0 unspecified atom stereocenters. The molecule has 3 rings (SSSR count). The van der Waals surface area contributed by atoms with Crippen LogP contribution >= 0.6 is 23.4 Å². The van der Waals surface area contributed by atoms with Crippen molar-refractivity contribution in [3.63, 3.8) is 0 Å². The lowest BCUT2D eigenvalue weighted by molar-refractivity contribution is -0.119. The molecule has 30 heavy (non-hydrogen) atoms. The summed E-state index contributed by atoms with van der Waals surface area (Å²) in [5.74, 6) is 0.512. The van der Waals surface area contributed by atoms with E-state index in [0.29, 0.717) is 28.1 Å². The van der Waals surface area contributed by atoms with Crippen molar-refractivity contribution in [2.24, 2.45) is 0 Å². The molecule has 162 valence electrons. The molecule has 0 spiro atoms. The second-order valence-corrected chi connectivity index (χ2v) is 11.1. The number of rotatable bonds is 9. The molecule has 1 saturated carbocycles. The second kappa shape index (κ2) is 10.6. The number of benzene rings is 2. The largest absolute Gasteiger partial charge is 0.354 e. The summed E-state index contributed by atoms with van der Waals surface area (Å²) in [4.78, 5) is 12.8. The number of amides is 1. The van der Waals surface area contributed by atoms with Crippen molar-refractivity contribution in [3.05, 3.63) is 59.1 Å². The molecule has 8 heteroatoms. The summed E-state index contributed by atoms with van der Waals surface area (Å²) < 4.78 is 27.8. The number of thioether (sulfide) groups is 1. The molecule has 1 fully saturated rings. The number of halogens is 1. The third-order valence-electron chi connectivity index (χ3n) is 5.13. The van der Waals surface area contributed by atoms with E-state index in [1.54, 1.807) is 43.3 Å². The van der Waals surface area contributed by atoms with Gasteiger partial charge in [-0.3, -0.25) is 9.10 Å². The van der Waals surface area contributed by atoms with Gasteiger partial charge >= 0.3 is 0 Å². The molecule has 1 aliphatic carbocycles. The highest BCUT2D eigenvalue weighted by Crippen LogP contribution is 2.30. The minimum absolute atomic E-state index is 0.143. The molecule has 1 amide bonds. The molecule has 5 nitrogen and oxygen atoms in total. The Kier molecular flexibility index (Phi) is 8.08. The van der Waals surface area contributed by atoms with Crippen molar-refractivity contribution in [3.8, 4) is 0 Å². The molecule has 1 N–H and O–H groups in total. The standard InChI is InChI=1S/C22H27ClN2O3S2/c1-17-15-18(23)11-12-21(17)25(30(27,28)20-9-3-2-4-10-20)16-22(26)24-13-14-29-19-7-5-6-8-19/h2-4,9-12,15,19H,5-8,13-14,16H2,1H3,(H,24,26). The quantitative estimate of drug-likeness (QED) is 0.547. The van der Waals surface area contributed by atoms with E-state index in [0.717, 1.165) is 10.1 Å². The summed E-state index contributed by atoms with van der Waals surface area (Å²) in [5.41, 5.74) is 1.13. The Balaban J connectivity index is 1.73. The summed E-state index contributed by atoms with van der Waals surface area (Å²) >= 11 is 7.93. The average molecular weight is 467 g/mol. The van der Waals surface area contributed by atoms with Crippen molar-refractivity contribution in [1.82, 2.24) is 5.32 Å². The Morgan fingerprint density at radius 3 is 2.53 bits per heavy atom. The fourth-order valence-corrected chi connectivity index (χ4v) is 6.53. The lowest BCUT2D eigenvalue weighted by Crippen LogP contribution is -2.41. The highest BCUT2D eigenvalue weighted by Gasteiger charge is 2.28. The van der Waals surface area contributed by atoms with E-state index in [9.17, 15) is 13.2 Å². The number of hydrogen-bond acceptors (Lipinski definition) is 4. The van der Waals surface area contributed by atoms with Crippen LogP contribution in [-0.2, 0) is 14.8 Å². The maximum Gasteiger partial charge on any atom is 0.264 e. The number of nitrogens with zero attached hydrogens (tertiary/aromatic N) is 1. The first-order valence-corrected chi connectivity index (χ1v) is 13.0. The van der Waals surface area contributed by atoms with Crippen LogP contribution in [0, 0.1) is 6.92 Å². The van der Waals surface area contributed by atoms with Gasteiger partial charge in [0, 0.05) is 22.6 Å². The molecule has 0 heterocycles. The van der Waals surface area contributed by atoms with Crippen LogP contribution < -0.4 is 9.62 Å². The molecule has 2 aromatic rings. The molecule has 0 aromatic heterocycles. The lowest BCUT2D eigenvalue weighted by Gasteiger charge is -2.25. The van der Waals surface area contributed by atoms with Gasteiger partial charge in [0.25, 0.3) is 10.0 Å². The molecule has 0 aliphatic heterocycles. The number of nitrogens with one attached hydrogen (secondary N) is 1. The molecular weight excluding hydrogens is 440 g/mol. The number of hydrogen-bond donors (Lipinski definition) is 1. The van der Waals surface area contributed by atoms with Crippen LogP contribution in [0.25, 0.3) is 0 Å². The summed E-state index contributed by atoms with van der Waals surface area (Å²) in [7, 11) is -3.90. The summed E-state index contributed by atoms with van der Waals surface area (Å²) in [6.45, 7) is 2.03. The van der Waals surface area contributed by atoms with Gasteiger partial charge < -0.3 is 5.32 Å². The third-order valence-corrected chi connectivity index (χ3v) is 8.52. The highest BCUT2D eigenvalue weighted by molar-refractivity contribution is 7.99. The minimum atomic E-state index is -3.90. The van der Waals surface area contributed by atoms with Gasteiger partial charge in [-0.15, -0.1) is 0 Å². The predicted octanol–water partition coefficient (Wildman–Crippen LogP) is 4.64. The van der Waals surface area contributed by atoms with Gasteiger partial charge in [0.05, 0.1) is 10.6 Å². The molecule has 0 bridgehead atoms. The first-order chi connectivity index (χ1) is 14.4. The maximum atomic E-state index is 13.3. The van der Waals surface area contributed by atoms with Crippen LogP contribution in [0.5, 0.6) is 0 Å². The zero-order chi connectivity index (χ0) is 21.6. The zero-order valence-electron chi connectivity index (χ0n) is 17.0. The van der Waals surface area contributed by atoms with E-state index < -0.39 is 10.0 Å². The van der Waals surface area contributed by atoms with Gasteiger partial charge in [-0.25, -0.2) is 8.42 Å². The molecule has 0 saturated heterocycles. The van der Waals surface area contributed by atoms with Gasteiger partial charge in [-0.2, -0.15) is 11.8 Å². The number of sulfonamides is 1. The van der Waals surface area contributed by atoms with Gasteiger partial charge in [-0.05, 0) is 55.7 Å². The van der Waals surface area contributed by atoms with Crippen LogP contribution in [0.15, 0.2) is 53.4 Å². The molecule has 0 radical (unpaired) electrons. The van der Waals surface area contributed by atoms with Gasteiger partial charge in [-0.1, -0.05) is 42.6 Å². The number of carbonyl (C=O) groups is 1. The summed E-state index contributed by atoms with van der Waals surface area (Å²) in [5, 5.41) is 4.07. The first-order valence-electron chi connectivity index (χ1n) is 10.1. The van der Waals surface area contributed by atoms with Gasteiger partial charge in [0.2, 0.25) is 5.91 Å². The van der Waals surface area contributed by atoms with Crippen molar-refractivity contribution in [2.45, 2.75) is 42.8 Å². The smallest absolute Gasteiger partial charge is 0.264 e. The maximum absolute atomic E-state index is 13.3. The van der Waals surface area contributed by atoms with E-state index >= 15 is 0 Å². The highest BCUT2D eigenvalue weighted by atomic mass is 35.5. The van der Waals surface area contributed by atoms with Crippen molar-refractivity contribution >= 4 is 45.0 Å². The van der Waals surface area contributed by atoms with Crippen LogP contribution in [0.1, 0.15) is 31.2 Å². The first kappa shape index (κ1) is 23.0. The fourth-order valence-electron chi connectivity index (χ4n) is 3.58. The molecule has 1 aliphatic rings. The van der Waals surface area contributed by atoms with Crippen LogP contribution in [0.2, 0.25) is 5.02 Å². The van der Waals surface area contributed by atoms with Crippen molar-refractivity contribution in [2.75, 3.05) is 23.1 Å².